The van der Waals surface area contributed by atoms with Crippen molar-refractivity contribution < 1.29 is 14.6 Å². The summed E-state index contributed by atoms with van der Waals surface area (Å²) in [6.45, 7) is 3.73. The number of ether oxygens (including phenoxy) is 1. The highest BCUT2D eigenvalue weighted by atomic mass is 16.5. The third-order valence-electron chi connectivity index (χ3n) is 6.71. The normalized spacial score (nSPS) is 18.2. The van der Waals surface area contributed by atoms with Crippen LogP contribution in [0.5, 0.6) is 5.88 Å². The molecule has 6 rings (SSSR count). The molecule has 1 fully saturated rings. The number of nitrogens with zero attached hydrogens (tertiary/aromatic N) is 4. The third kappa shape index (κ3) is 3.11. The third-order valence-corrected chi connectivity index (χ3v) is 6.71. The molecule has 33 heavy (non-hydrogen) atoms. The number of aromatic nitrogens is 4. The minimum Gasteiger partial charge on any atom is -0.493 e. The van der Waals surface area contributed by atoms with Gasteiger partial charge < -0.3 is 19.7 Å². The average molecular weight is 445 g/mol. The summed E-state index contributed by atoms with van der Waals surface area (Å²) in [6, 6.07) is 5.39. The van der Waals surface area contributed by atoms with Crippen LogP contribution in [0, 0.1) is 6.92 Å². The summed E-state index contributed by atoms with van der Waals surface area (Å²) >= 11 is 0. The summed E-state index contributed by atoms with van der Waals surface area (Å²) in [5.41, 5.74) is 4.08. The maximum absolute atomic E-state index is 13.5. The second kappa shape index (κ2) is 7.41. The zero-order valence-electron chi connectivity index (χ0n) is 18.2. The Morgan fingerprint density at radius 3 is 2.94 bits per heavy atom. The molecule has 1 saturated heterocycles. The Morgan fingerprint density at radius 1 is 1.24 bits per heavy atom. The van der Waals surface area contributed by atoms with Crippen LogP contribution in [-0.4, -0.2) is 50.5 Å². The van der Waals surface area contributed by atoms with Crippen molar-refractivity contribution in [2.24, 2.45) is 0 Å². The number of H-pyrrole nitrogens is 1. The molecule has 2 aliphatic heterocycles. The highest BCUT2D eigenvalue weighted by molar-refractivity contribution is 6.12. The number of pyridine rings is 2. The van der Waals surface area contributed by atoms with Gasteiger partial charge in [-0.25, -0.2) is 4.98 Å². The van der Waals surface area contributed by atoms with E-state index in [9.17, 15) is 14.7 Å². The molecular formula is C24H23N5O4. The predicted octanol–water partition coefficient (Wildman–Crippen LogP) is 2.84. The van der Waals surface area contributed by atoms with E-state index in [1.165, 1.54) is 6.20 Å². The Kier molecular flexibility index (Phi) is 4.48. The van der Waals surface area contributed by atoms with Crippen LogP contribution >= 0.6 is 0 Å². The van der Waals surface area contributed by atoms with Crippen LogP contribution in [-0.2, 0) is 11.2 Å². The molecular weight excluding hydrogens is 422 g/mol. The van der Waals surface area contributed by atoms with Gasteiger partial charge in [0.2, 0.25) is 5.88 Å². The molecule has 2 aliphatic rings. The minimum atomic E-state index is -0.228. The van der Waals surface area contributed by atoms with Gasteiger partial charge in [-0.2, -0.15) is 5.10 Å². The van der Waals surface area contributed by atoms with Gasteiger partial charge >= 0.3 is 0 Å². The van der Waals surface area contributed by atoms with Crippen LogP contribution in [0.15, 0.2) is 35.4 Å². The number of rotatable bonds is 2. The van der Waals surface area contributed by atoms with E-state index in [-0.39, 0.29) is 23.4 Å². The fraction of sp³-hybridized carbons (Fsp3) is 0.333. The van der Waals surface area contributed by atoms with Gasteiger partial charge in [-0.05, 0) is 49.4 Å². The first-order valence-corrected chi connectivity index (χ1v) is 11.1. The molecule has 1 unspecified atom stereocenters. The molecule has 4 aromatic rings. The molecule has 0 bridgehead atoms. The molecule has 0 spiro atoms. The van der Waals surface area contributed by atoms with E-state index in [2.05, 4.69) is 15.1 Å². The average Bonchev–Trinajstić information content (AvgIpc) is 3.44. The fourth-order valence-corrected chi connectivity index (χ4v) is 5.05. The number of hydrogen-bond donors (Lipinski definition) is 2. The van der Waals surface area contributed by atoms with Gasteiger partial charge in [0.1, 0.15) is 0 Å². The number of carbonyl (C=O) groups excluding carboxylic acids is 1. The van der Waals surface area contributed by atoms with E-state index in [1.807, 2.05) is 17.7 Å². The lowest BCUT2D eigenvalue weighted by Gasteiger charge is -2.23. The largest absolute Gasteiger partial charge is 0.493 e. The molecule has 0 radical (unpaired) electrons. The summed E-state index contributed by atoms with van der Waals surface area (Å²) in [7, 11) is 0. The van der Waals surface area contributed by atoms with E-state index in [4.69, 9.17) is 4.74 Å². The van der Waals surface area contributed by atoms with E-state index in [1.54, 1.807) is 23.2 Å². The number of anilines is 1. The Balaban J connectivity index is 1.48. The lowest BCUT2D eigenvalue weighted by Crippen LogP contribution is -2.29. The second-order valence-corrected chi connectivity index (χ2v) is 8.77. The number of hydrogen-bond acceptors (Lipinski definition) is 6. The molecule has 1 amide bonds. The lowest BCUT2D eigenvalue weighted by atomic mass is 10.0. The van der Waals surface area contributed by atoms with E-state index >= 15 is 0 Å². The Bertz CT molecular complexity index is 1480. The van der Waals surface area contributed by atoms with Crippen molar-refractivity contribution in [2.45, 2.75) is 32.2 Å². The summed E-state index contributed by atoms with van der Waals surface area (Å²) in [4.78, 5) is 34.9. The first kappa shape index (κ1) is 19.9. The van der Waals surface area contributed by atoms with Gasteiger partial charge in [0.05, 0.1) is 47.1 Å². The van der Waals surface area contributed by atoms with E-state index in [0.717, 1.165) is 41.5 Å². The van der Waals surface area contributed by atoms with Crippen molar-refractivity contribution in [2.75, 3.05) is 24.7 Å². The molecule has 3 aromatic heterocycles. The van der Waals surface area contributed by atoms with Crippen molar-refractivity contribution in [3.05, 3.63) is 57.6 Å². The van der Waals surface area contributed by atoms with Gasteiger partial charge in [-0.3, -0.25) is 14.3 Å². The Hall–Kier alpha value is -3.72. The van der Waals surface area contributed by atoms with Gasteiger partial charge in [-0.15, -0.1) is 0 Å². The molecule has 1 aromatic carbocycles. The van der Waals surface area contributed by atoms with Gasteiger partial charge in [-0.1, -0.05) is 0 Å². The topological polar surface area (TPSA) is 113 Å². The lowest BCUT2D eigenvalue weighted by molar-refractivity contribution is 0.0565. The zero-order chi connectivity index (χ0) is 22.7. The molecule has 168 valence electrons. The number of nitrogens with one attached hydrogen (secondary N) is 1. The number of aromatic amines is 1. The van der Waals surface area contributed by atoms with E-state index < -0.39 is 0 Å². The van der Waals surface area contributed by atoms with Crippen molar-refractivity contribution in [1.82, 2.24) is 19.7 Å². The summed E-state index contributed by atoms with van der Waals surface area (Å²) in [5, 5.41) is 15.6. The van der Waals surface area contributed by atoms with Crippen LogP contribution in [0.1, 0.15) is 40.4 Å². The highest BCUT2D eigenvalue weighted by Gasteiger charge is 2.28. The quantitative estimate of drug-likeness (QED) is 0.491. The van der Waals surface area contributed by atoms with Crippen molar-refractivity contribution in [1.29, 1.82) is 0 Å². The van der Waals surface area contributed by atoms with Crippen LogP contribution < -0.4 is 10.5 Å². The maximum atomic E-state index is 13.5. The number of fused-ring (bicyclic) bond motifs is 4. The molecule has 9 nitrogen and oxygen atoms in total. The summed E-state index contributed by atoms with van der Waals surface area (Å²) < 4.78 is 7.55. The Labute approximate surface area is 188 Å². The number of carbonyl (C=O) groups is 1. The molecule has 2 N–H and O–H groups in total. The number of benzene rings is 1. The monoisotopic (exact) mass is 445 g/mol. The first-order chi connectivity index (χ1) is 16.0. The van der Waals surface area contributed by atoms with Gasteiger partial charge in [0.15, 0.2) is 0 Å². The number of amides is 1. The standard InChI is InChI=1S/C24H23N5O4/c1-13-7-17-19(9-16(13)24(32)28-5-4-14-8-21(30)25-11-20(14)28)27-23(31)18-10-26-29(22(17)18)15-3-2-6-33-12-15/h7-11,15H,2-6,12H2,1H3,(H,25,30)(H,27,31). The number of aryl methyl sites for hydroxylation is 1. The van der Waals surface area contributed by atoms with Gasteiger partial charge in [0, 0.05) is 30.2 Å². The van der Waals surface area contributed by atoms with E-state index in [0.29, 0.717) is 41.7 Å². The second-order valence-electron chi connectivity index (χ2n) is 8.77. The first-order valence-electron chi connectivity index (χ1n) is 11.1. The smallest absolute Gasteiger partial charge is 0.259 e. The van der Waals surface area contributed by atoms with Crippen molar-refractivity contribution >= 4 is 33.4 Å². The van der Waals surface area contributed by atoms with Gasteiger partial charge in [0.25, 0.3) is 11.5 Å². The maximum Gasteiger partial charge on any atom is 0.259 e. The SMILES string of the molecule is Cc1cc2c(cc1C(=O)N1CCc3cc(O)ncc31)[nH]c(=O)c1cnn(C3CCCOC3)c12. The molecule has 0 aliphatic carbocycles. The van der Waals surface area contributed by atoms with Crippen LogP contribution in [0.2, 0.25) is 0 Å². The molecule has 9 heteroatoms. The summed E-state index contributed by atoms with van der Waals surface area (Å²) in [6.07, 6.45) is 5.69. The van der Waals surface area contributed by atoms with Crippen LogP contribution in [0.4, 0.5) is 5.69 Å². The summed E-state index contributed by atoms with van der Waals surface area (Å²) in [5.74, 6) is -0.206. The molecule has 5 heterocycles. The van der Waals surface area contributed by atoms with Crippen molar-refractivity contribution in [3.63, 3.8) is 0 Å². The molecule has 1 atom stereocenters. The molecule has 0 saturated carbocycles. The zero-order valence-corrected chi connectivity index (χ0v) is 18.2. The fourth-order valence-electron chi connectivity index (χ4n) is 5.05. The van der Waals surface area contributed by atoms with Crippen LogP contribution in [0.25, 0.3) is 21.8 Å². The predicted molar refractivity (Wildman–Crippen MR) is 123 cm³/mol. The highest BCUT2D eigenvalue weighted by Crippen LogP contribution is 2.33. The van der Waals surface area contributed by atoms with Crippen LogP contribution in [0.3, 0.4) is 0 Å². The Morgan fingerprint density at radius 2 is 2.12 bits per heavy atom. The number of aromatic hydroxyl groups is 1. The van der Waals surface area contributed by atoms with Crippen molar-refractivity contribution in [3.8, 4) is 5.88 Å². The minimum absolute atomic E-state index is 0.0495.